The number of thioether (sulfide) groups is 1. The van der Waals surface area contributed by atoms with Crippen LogP contribution in [0.2, 0.25) is 0 Å². The topological polar surface area (TPSA) is 52.7 Å². The Labute approximate surface area is 176 Å². The largest absolute Gasteiger partial charge is 0.322 e. The van der Waals surface area contributed by atoms with Gasteiger partial charge in [-0.05, 0) is 54.8 Å². The van der Waals surface area contributed by atoms with Crippen molar-refractivity contribution in [3.63, 3.8) is 0 Å². The highest BCUT2D eigenvalue weighted by atomic mass is 32.2. The van der Waals surface area contributed by atoms with Crippen LogP contribution in [0.5, 0.6) is 0 Å². The van der Waals surface area contributed by atoms with Crippen molar-refractivity contribution in [2.24, 2.45) is 0 Å². The number of rotatable bonds is 5. The number of benzene rings is 2. The molecule has 0 saturated carbocycles. The highest BCUT2D eigenvalue weighted by Gasteiger charge is 2.21. The molecular weight excluding hydrogens is 382 g/mol. The van der Waals surface area contributed by atoms with Crippen LogP contribution in [-0.2, 0) is 11.3 Å². The minimum absolute atomic E-state index is 0.131. The first-order valence-electron chi connectivity index (χ1n) is 10.2. The second kappa shape index (κ2) is 9.01. The van der Waals surface area contributed by atoms with Gasteiger partial charge in [0.25, 0.3) is 5.91 Å². The standard InChI is InChI=1S/C23H27N3O2S/c1-17-15-18(16-25-11-13-29-14-12-25)4-9-21(17)24-23(28)19-5-7-20(8-6-19)26-10-2-3-22(26)27/h4-9,15H,2-3,10-14,16H2,1H3,(H,24,28). The Kier molecular flexibility index (Phi) is 6.21. The number of amides is 2. The molecule has 2 amide bonds. The summed E-state index contributed by atoms with van der Waals surface area (Å²) in [7, 11) is 0. The van der Waals surface area contributed by atoms with Crippen LogP contribution in [-0.4, -0.2) is 47.9 Å². The summed E-state index contributed by atoms with van der Waals surface area (Å²) in [5, 5.41) is 3.02. The Balaban J connectivity index is 1.39. The van der Waals surface area contributed by atoms with Gasteiger partial charge in [0, 0.05) is 61.0 Å². The van der Waals surface area contributed by atoms with Gasteiger partial charge in [0.1, 0.15) is 0 Å². The van der Waals surface area contributed by atoms with Gasteiger partial charge in [-0.15, -0.1) is 0 Å². The van der Waals surface area contributed by atoms with Crippen molar-refractivity contribution in [2.45, 2.75) is 26.3 Å². The van der Waals surface area contributed by atoms with Crippen LogP contribution >= 0.6 is 11.8 Å². The third kappa shape index (κ3) is 4.82. The lowest BCUT2D eigenvalue weighted by Gasteiger charge is -2.26. The van der Waals surface area contributed by atoms with Crippen LogP contribution in [0.4, 0.5) is 11.4 Å². The van der Waals surface area contributed by atoms with E-state index >= 15 is 0 Å². The maximum absolute atomic E-state index is 12.7. The maximum atomic E-state index is 12.7. The van der Waals surface area contributed by atoms with Gasteiger partial charge in [-0.3, -0.25) is 14.5 Å². The number of hydrogen-bond donors (Lipinski definition) is 1. The first-order valence-corrected chi connectivity index (χ1v) is 11.4. The lowest BCUT2D eigenvalue weighted by Crippen LogP contribution is -2.31. The zero-order valence-electron chi connectivity index (χ0n) is 16.8. The molecular formula is C23H27N3O2S. The average Bonchev–Trinajstić information content (AvgIpc) is 3.17. The summed E-state index contributed by atoms with van der Waals surface area (Å²) >= 11 is 2.02. The molecule has 4 rings (SSSR count). The number of carbonyl (C=O) groups is 2. The summed E-state index contributed by atoms with van der Waals surface area (Å²) in [4.78, 5) is 28.8. The summed E-state index contributed by atoms with van der Waals surface area (Å²) in [5.74, 6) is 2.43. The zero-order valence-corrected chi connectivity index (χ0v) is 17.6. The van der Waals surface area contributed by atoms with Crippen LogP contribution in [0.15, 0.2) is 42.5 Å². The predicted molar refractivity (Wildman–Crippen MR) is 120 cm³/mol. The lowest BCUT2D eigenvalue weighted by atomic mass is 10.1. The molecule has 6 heteroatoms. The molecule has 2 aromatic carbocycles. The van der Waals surface area contributed by atoms with Gasteiger partial charge in [-0.25, -0.2) is 0 Å². The first kappa shape index (κ1) is 20.0. The molecule has 2 heterocycles. The maximum Gasteiger partial charge on any atom is 0.255 e. The first-order chi connectivity index (χ1) is 14.1. The number of hydrogen-bond acceptors (Lipinski definition) is 4. The quantitative estimate of drug-likeness (QED) is 0.813. The molecule has 0 spiro atoms. The third-order valence-electron chi connectivity index (χ3n) is 5.56. The molecule has 1 N–H and O–H groups in total. The van der Waals surface area contributed by atoms with Crippen molar-refractivity contribution in [2.75, 3.05) is 41.4 Å². The molecule has 2 aliphatic heterocycles. The molecule has 2 fully saturated rings. The van der Waals surface area contributed by atoms with Gasteiger partial charge in [0.2, 0.25) is 5.91 Å². The number of nitrogens with zero attached hydrogens (tertiary/aromatic N) is 2. The fourth-order valence-electron chi connectivity index (χ4n) is 3.89. The summed E-state index contributed by atoms with van der Waals surface area (Å²) in [6.45, 7) is 6.04. The van der Waals surface area contributed by atoms with Gasteiger partial charge in [-0.2, -0.15) is 11.8 Å². The van der Waals surface area contributed by atoms with Crippen LogP contribution in [0.25, 0.3) is 0 Å². The number of nitrogens with one attached hydrogen (secondary N) is 1. The number of carbonyl (C=O) groups excluding carboxylic acids is 2. The molecule has 0 aromatic heterocycles. The summed E-state index contributed by atoms with van der Waals surface area (Å²) < 4.78 is 0. The van der Waals surface area contributed by atoms with Crippen molar-refractivity contribution in [1.29, 1.82) is 0 Å². The zero-order chi connectivity index (χ0) is 20.2. The molecule has 2 aliphatic rings. The second-order valence-electron chi connectivity index (χ2n) is 7.69. The molecule has 0 aliphatic carbocycles. The van der Waals surface area contributed by atoms with E-state index in [4.69, 9.17) is 0 Å². The molecule has 0 atom stereocenters. The third-order valence-corrected chi connectivity index (χ3v) is 6.51. The lowest BCUT2D eigenvalue weighted by molar-refractivity contribution is -0.117. The van der Waals surface area contributed by atoms with E-state index in [1.807, 2.05) is 36.9 Å². The smallest absolute Gasteiger partial charge is 0.255 e. The van der Waals surface area contributed by atoms with Crippen molar-refractivity contribution < 1.29 is 9.59 Å². The molecule has 2 aromatic rings. The minimum Gasteiger partial charge on any atom is -0.322 e. The second-order valence-corrected chi connectivity index (χ2v) is 8.91. The Morgan fingerprint density at radius 1 is 1.07 bits per heavy atom. The van der Waals surface area contributed by atoms with E-state index in [2.05, 4.69) is 22.3 Å². The van der Waals surface area contributed by atoms with Crippen molar-refractivity contribution in [3.05, 3.63) is 59.2 Å². The Morgan fingerprint density at radius 2 is 1.83 bits per heavy atom. The van der Waals surface area contributed by atoms with E-state index in [0.29, 0.717) is 12.0 Å². The van der Waals surface area contributed by atoms with E-state index in [9.17, 15) is 9.59 Å². The molecule has 29 heavy (non-hydrogen) atoms. The Morgan fingerprint density at radius 3 is 2.48 bits per heavy atom. The van der Waals surface area contributed by atoms with Crippen LogP contribution in [0, 0.1) is 6.92 Å². The summed E-state index contributed by atoms with van der Waals surface area (Å²) in [6.07, 6.45) is 1.50. The van der Waals surface area contributed by atoms with E-state index in [-0.39, 0.29) is 11.8 Å². The van der Waals surface area contributed by atoms with Gasteiger partial charge >= 0.3 is 0 Å². The van der Waals surface area contributed by atoms with Gasteiger partial charge in [-0.1, -0.05) is 12.1 Å². The fraction of sp³-hybridized carbons (Fsp3) is 0.391. The van der Waals surface area contributed by atoms with Gasteiger partial charge in [0.05, 0.1) is 0 Å². The average molecular weight is 410 g/mol. The van der Waals surface area contributed by atoms with Crippen molar-refractivity contribution in [1.82, 2.24) is 4.90 Å². The van der Waals surface area contributed by atoms with E-state index < -0.39 is 0 Å². The SMILES string of the molecule is Cc1cc(CN2CCSCC2)ccc1NC(=O)c1ccc(N2CCCC2=O)cc1. The number of aryl methyl sites for hydroxylation is 1. The monoisotopic (exact) mass is 409 g/mol. The molecule has 5 nitrogen and oxygen atoms in total. The molecule has 0 unspecified atom stereocenters. The van der Waals surface area contributed by atoms with E-state index in [0.717, 1.165) is 49.5 Å². The molecule has 152 valence electrons. The summed E-state index contributed by atoms with van der Waals surface area (Å²) in [5.41, 5.74) is 4.65. The summed E-state index contributed by atoms with van der Waals surface area (Å²) in [6, 6.07) is 13.5. The Hall–Kier alpha value is -2.31. The normalized spacial score (nSPS) is 17.6. The van der Waals surface area contributed by atoms with Gasteiger partial charge < -0.3 is 10.2 Å². The van der Waals surface area contributed by atoms with Crippen molar-refractivity contribution in [3.8, 4) is 0 Å². The predicted octanol–water partition coefficient (Wildman–Crippen LogP) is 3.92. The van der Waals surface area contributed by atoms with Crippen LogP contribution in [0.3, 0.4) is 0 Å². The molecule has 2 saturated heterocycles. The van der Waals surface area contributed by atoms with Crippen molar-refractivity contribution >= 4 is 35.0 Å². The molecule has 0 radical (unpaired) electrons. The highest BCUT2D eigenvalue weighted by Crippen LogP contribution is 2.23. The fourth-order valence-corrected chi connectivity index (χ4v) is 4.87. The highest BCUT2D eigenvalue weighted by molar-refractivity contribution is 7.99. The van der Waals surface area contributed by atoms with Crippen LogP contribution in [0.1, 0.15) is 34.3 Å². The van der Waals surface area contributed by atoms with Gasteiger partial charge in [0.15, 0.2) is 0 Å². The van der Waals surface area contributed by atoms with Crippen LogP contribution < -0.4 is 10.2 Å². The minimum atomic E-state index is -0.131. The Bertz CT molecular complexity index is 891. The number of anilines is 2. The van der Waals surface area contributed by atoms with E-state index in [1.54, 1.807) is 17.0 Å². The van der Waals surface area contributed by atoms with E-state index in [1.165, 1.54) is 17.1 Å². The molecule has 0 bridgehead atoms.